The van der Waals surface area contributed by atoms with Crippen molar-refractivity contribution < 1.29 is 32.7 Å². The number of rotatable bonds is 1. The fourth-order valence-corrected chi connectivity index (χ4v) is 1.33. The van der Waals surface area contributed by atoms with Crippen molar-refractivity contribution in [3.63, 3.8) is 0 Å². The second kappa shape index (κ2) is 5.43. The summed E-state index contributed by atoms with van der Waals surface area (Å²) in [6.07, 6.45) is 0. The molecule has 0 atom stereocenters. The standard InChI is InChI=1S/C13H11.Y/c1-11-7-9-13(10-8-11)12-5-3-2-4-6-12;/h3-10H,1H3;/q-1;. The van der Waals surface area contributed by atoms with Gasteiger partial charge in [0.05, 0.1) is 0 Å². The second-order valence-corrected chi connectivity index (χ2v) is 3.15. The van der Waals surface area contributed by atoms with Crippen molar-refractivity contribution in [1.82, 2.24) is 0 Å². The van der Waals surface area contributed by atoms with Gasteiger partial charge >= 0.3 is 0 Å². The third-order valence-electron chi connectivity index (χ3n) is 2.10. The van der Waals surface area contributed by atoms with Crippen molar-refractivity contribution >= 4 is 0 Å². The monoisotopic (exact) mass is 256 g/mol. The fraction of sp³-hybridized carbons (Fsp3) is 0.0769. The molecule has 0 fully saturated rings. The SMILES string of the molecule is Cc1ccc(-c2cc[c-]cc2)cc1.[Y]. The molecule has 0 aliphatic heterocycles. The van der Waals surface area contributed by atoms with Crippen LogP contribution in [0.2, 0.25) is 0 Å². The summed E-state index contributed by atoms with van der Waals surface area (Å²) in [5.74, 6) is 0. The first-order chi connectivity index (χ1) is 6.36. The van der Waals surface area contributed by atoms with Crippen molar-refractivity contribution in [3.8, 4) is 11.1 Å². The zero-order chi connectivity index (χ0) is 9.10. The molecule has 2 aromatic rings. The van der Waals surface area contributed by atoms with E-state index in [1.807, 2.05) is 12.1 Å². The van der Waals surface area contributed by atoms with Gasteiger partial charge in [-0.2, -0.15) is 30.3 Å². The first-order valence-corrected chi connectivity index (χ1v) is 4.39. The minimum atomic E-state index is 0. The van der Waals surface area contributed by atoms with Gasteiger partial charge < -0.3 is 0 Å². The molecule has 0 heterocycles. The van der Waals surface area contributed by atoms with Crippen molar-refractivity contribution in [2.75, 3.05) is 0 Å². The average Bonchev–Trinajstić information content (AvgIpc) is 2.20. The van der Waals surface area contributed by atoms with Gasteiger partial charge in [-0.25, -0.2) is 0 Å². The van der Waals surface area contributed by atoms with Crippen molar-refractivity contribution in [3.05, 3.63) is 60.2 Å². The summed E-state index contributed by atoms with van der Waals surface area (Å²) in [5, 5.41) is 0. The molecule has 1 radical (unpaired) electrons. The van der Waals surface area contributed by atoms with Crippen LogP contribution in [0.5, 0.6) is 0 Å². The molecule has 0 unspecified atom stereocenters. The van der Waals surface area contributed by atoms with E-state index in [2.05, 4.69) is 49.4 Å². The van der Waals surface area contributed by atoms with Crippen molar-refractivity contribution in [1.29, 1.82) is 0 Å². The van der Waals surface area contributed by atoms with Gasteiger partial charge in [-0.3, -0.25) is 0 Å². The third-order valence-corrected chi connectivity index (χ3v) is 2.10. The van der Waals surface area contributed by atoms with Crippen LogP contribution < -0.4 is 0 Å². The Labute approximate surface area is 110 Å². The Morgan fingerprint density at radius 3 is 1.86 bits per heavy atom. The predicted octanol–water partition coefficient (Wildman–Crippen LogP) is 3.46. The summed E-state index contributed by atoms with van der Waals surface area (Å²) in [6.45, 7) is 2.10. The molecule has 0 aliphatic rings. The summed E-state index contributed by atoms with van der Waals surface area (Å²) >= 11 is 0. The Morgan fingerprint density at radius 2 is 1.29 bits per heavy atom. The maximum absolute atomic E-state index is 3.01. The molecule has 0 amide bonds. The van der Waals surface area contributed by atoms with Gasteiger partial charge in [0.2, 0.25) is 0 Å². The largest absolute Gasteiger partial charge is 0.184 e. The Morgan fingerprint density at radius 1 is 0.786 bits per heavy atom. The van der Waals surface area contributed by atoms with Gasteiger partial charge in [0.25, 0.3) is 0 Å². The summed E-state index contributed by atoms with van der Waals surface area (Å²) in [5.41, 5.74) is 3.81. The van der Waals surface area contributed by atoms with E-state index in [4.69, 9.17) is 0 Å². The van der Waals surface area contributed by atoms with Crippen LogP contribution in [0.3, 0.4) is 0 Å². The van der Waals surface area contributed by atoms with Crippen LogP contribution in [0.1, 0.15) is 5.56 Å². The molecule has 2 aromatic carbocycles. The maximum Gasteiger partial charge on any atom is 0 e. The Bertz CT molecular complexity index is 376. The minimum absolute atomic E-state index is 0. The first-order valence-electron chi connectivity index (χ1n) is 4.39. The normalized spacial score (nSPS) is 9.21. The molecule has 1 heteroatoms. The zero-order valence-corrected chi connectivity index (χ0v) is 11.0. The van der Waals surface area contributed by atoms with Gasteiger partial charge in [0, 0.05) is 32.7 Å². The maximum atomic E-state index is 3.01. The molecule has 67 valence electrons. The van der Waals surface area contributed by atoms with E-state index >= 15 is 0 Å². The molecule has 14 heavy (non-hydrogen) atoms. The molecular formula is C13H11Y-. The number of hydrogen-bond donors (Lipinski definition) is 0. The zero-order valence-electron chi connectivity index (χ0n) is 8.20. The van der Waals surface area contributed by atoms with Crippen LogP contribution in [0.25, 0.3) is 11.1 Å². The van der Waals surface area contributed by atoms with Crippen LogP contribution in [0, 0.1) is 13.0 Å². The van der Waals surface area contributed by atoms with Crippen molar-refractivity contribution in [2.24, 2.45) is 0 Å². The Balaban J connectivity index is 0.000000980. The molecule has 2 rings (SSSR count). The van der Waals surface area contributed by atoms with E-state index in [9.17, 15) is 0 Å². The summed E-state index contributed by atoms with van der Waals surface area (Å²) in [6, 6.07) is 19.6. The smallest absolute Gasteiger partial charge is 0 e. The molecule has 0 aromatic heterocycles. The van der Waals surface area contributed by atoms with E-state index < -0.39 is 0 Å². The predicted molar refractivity (Wildman–Crippen MR) is 55.5 cm³/mol. The fourth-order valence-electron chi connectivity index (χ4n) is 1.33. The summed E-state index contributed by atoms with van der Waals surface area (Å²) in [7, 11) is 0. The van der Waals surface area contributed by atoms with Gasteiger partial charge in [0.1, 0.15) is 0 Å². The number of aryl methyl sites for hydroxylation is 1. The summed E-state index contributed by atoms with van der Waals surface area (Å²) < 4.78 is 0. The van der Waals surface area contributed by atoms with E-state index in [1.165, 1.54) is 16.7 Å². The average molecular weight is 256 g/mol. The Kier molecular flexibility index (Phi) is 4.51. The van der Waals surface area contributed by atoms with Gasteiger partial charge in [-0.1, -0.05) is 29.8 Å². The van der Waals surface area contributed by atoms with E-state index in [0.29, 0.717) is 0 Å². The van der Waals surface area contributed by atoms with Crippen LogP contribution in [0.4, 0.5) is 0 Å². The molecule has 0 N–H and O–H groups in total. The summed E-state index contributed by atoms with van der Waals surface area (Å²) in [4.78, 5) is 0. The number of benzene rings is 2. The van der Waals surface area contributed by atoms with Gasteiger partial charge in [-0.15, -0.1) is 5.56 Å². The van der Waals surface area contributed by atoms with Gasteiger partial charge in [0.15, 0.2) is 0 Å². The third kappa shape index (κ3) is 2.77. The Hall–Kier alpha value is -0.456. The van der Waals surface area contributed by atoms with Crippen LogP contribution in [-0.4, -0.2) is 0 Å². The van der Waals surface area contributed by atoms with Crippen LogP contribution in [0.15, 0.2) is 48.5 Å². The molecule has 0 saturated carbocycles. The second-order valence-electron chi connectivity index (χ2n) is 3.15. The van der Waals surface area contributed by atoms with Crippen LogP contribution in [-0.2, 0) is 32.7 Å². The molecular weight excluding hydrogens is 245 g/mol. The van der Waals surface area contributed by atoms with Crippen molar-refractivity contribution in [2.45, 2.75) is 6.92 Å². The molecule has 0 bridgehead atoms. The molecule has 0 nitrogen and oxygen atoms in total. The molecule has 0 aliphatic carbocycles. The first kappa shape index (κ1) is 11.6. The van der Waals surface area contributed by atoms with E-state index in [-0.39, 0.29) is 32.7 Å². The van der Waals surface area contributed by atoms with Gasteiger partial charge in [-0.05, 0) is 12.5 Å². The topological polar surface area (TPSA) is 0 Å². The number of hydrogen-bond acceptors (Lipinski definition) is 0. The molecule has 0 saturated heterocycles. The molecule has 0 spiro atoms. The minimum Gasteiger partial charge on any atom is -0.184 e. The van der Waals surface area contributed by atoms with E-state index in [0.717, 1.165) is 0 Å². The quantitative estimate of drug-likeness (QED) is 0.685. The van der Waals surface area contributed by atoms with Crippen LogP contribution >= 0.6 is 0 Å². The van der Waals surface area contributed by atoms with E-state index in [1.54, 1.807) is 0 Å².